The van der Waals surface area contributed by atoms with E-state index in [1.165, 1.54) is 0 Å². The van der Waals surface area contributed by atoms with E-state index < -0.39 is 13.8 Å². The summed E-state index contributed by atoms with van der Waals surface area (Å²) in [6.45, 7) is 1.52. The van der Waals surface area contributed by atoms with Gasteiger partial charge in [0.15, 0.2) is 0 Å². The van der Waals surface area contributed by atoms with Gasteiger partial charge in [-0.25, -0.2) is 8.42 Å². The highest BCUT2D eigenvalue weighted by Crippen LogP contribution is 2.50. The van der Waals surface area contributed by atoms with Crippen LogP contribution in [0, 0.1) is 5.92 Å². The minimum atomic E-state index is -3.37. The molecular formula is C9H15ClO3S. The molecule has 2 aliphatic rings. The molecule has 0 aromatic carbocycles. The zero-order valence-corrected chi connectivity index (χ0v) is 9.61. The van der Waals surface area contributed by atoms with E-state index in [1.54, 1.807) is 0 Å². The van der Waals surface area contributed by atoms with Crippen molar-refractivity contribution in [3.05, 3.63) is 0 Å². The quantitative estimate of drug-likeness (QED) is 0.706. The van der Waals surface area contributed by atoms with Crippen LogP contribution in [0.1, 0.15) is 32.1 Å². The van der Waals surface area contributed by atoms with Gasteiger partial charge in [-0.1, -0.05) is 0 Å². The first-order valence-corrected chi connectivity index (χ1v) is 7.36. The summed E-state index contributed by atoms with van der Waals surface area (Å²) in [6.07, 6.45) is 4.28. The molecule has 0 amide bonds. The lowest BCUT2D eigenvalue weighted by Crippen LogP contribution is -2.27. The average Bonchev–Trinajstić information content (AvgIpc) is 2.86. The highest BCUT2D eigenvalue weighted by atomic mass is 35.7. The third kappa shape index (κ3) is 2.07. The van der Waals surface area contributed by atoms with Crippen molar-refractivity contribution in [3.8, 4) is 0 Å². The largest absolute Gasteiger partial charge is 0.381 e. The molecule has 14 heavy (non-hydrogen) atoms. The Kier molecular flexibility index (Phi) is 2.79. The predicted molar refractivity (Wildman–Crippen MR) is 54.9 cm³/mol. The molecule has 0 bridgehead atoms. The molecular weight excluding hydrogens is 224 g/mol. The van der Waals surface area contributed by atoms with Crippen molar-refractivity contribution >= 4 is 19.7 Å². The molecule has 3 nitrogen and oxygen atoms in total. The number of hydrogen-bond donors (Lipinski definition) is 0. The first-order chi connectivity index (χ1) is 6.54. The first-order valence-electron chi connectivity index (χ1n) is 5.05. The van der Waals surface area contributed by atoms with Crippen LogP contribution in [0.15, 0.2) is 0 Å². The lowest BCUT2D eigenvalue weighted by Gasteiger charge is -2.24. The Bertz CT molecular complexity index is 302. The minimum absolute atomic E-state index is 0.389. The van der Waals surface area contributed by atoms with Gasteiger partial charge >= 0.3 is 0 Å². The lowest BCUT2D eigenvalue weighted by atomic mass is 9.96. The van der Waals surface area contributed by atoms with Gasteiger partial charge in [0.25, 0.3) is 0 Å². The second kappa shape index (κ2) is 3.65. The normalized spacial score (nSPS) is 31.4. The van der Waals surface area contributed by atoms with Crippen LogP contribution >= 0.6 is 10.7 Å². The van der Waals surface area contributed by atoms with E-state index >= 15 is 0 Å². The fourth-order valence-electron chi connectivity index (χ4n) is 2.18. The van der Waals surface area contributed by atoms with Gasteiger partial charge < -0.3 is 4.74 Å². The molecule has 2 rings (SSSR count). The molecule has 1 unspecified atom stereocenters. The van der Waals surface area contributed by atoms with Gasteiger partial charge in [-0.05, 0) is 38.0 Å². The van der Waals surface area contributed by atoms with E-state index in [-0.39, 0.29) is 0 Å². The van der Waals surface area contributed by atoms with Crippen LogP contribution in [-0.2, 0) is 13.8 Å². The highest BCUT2D eigenvalue weighted by Gasteiger charge is 2.54. The Morgan fingerprint density at radius 2 is 2.14 bits per heavy atom. The molecule has 82 valence electrons. The van der Waals surface area contributed by atoms with Crippen molar-refractivity contribution in [1.82, 2.24) is 0 Å². The van der Waals surface area contributed by atoms with Gasteiger partial charge in [-0.2, -0.15) is 0 Å². The Balaban J connectivity index is 1.97. The van der Waals surface area contributed by atoms with Crippen molar-refractivity contribution in [2.75, 3.05) is 13.2 Å². The van der Waals surface area contributed by atoms with Crippen molar-refractivity contribution in [2.45, 2.75) is 36.9 Å². The van der Waals surface area contributed by atoms with Crippen LogP contribution < -0.4 is 0 Å². The van der Waals surface area contributed by atoms with Gasteiger partial charge in [0.1, 0.15) is 0 Å². The molecule has 1 aliphatic heterocycles. The molecule has 1 atom stereocenters. The Morgan fingerprint density at radius 1 is 1.43 bits per heavy atom. The lowest BCUT2D eigenvalue weighted by molar-refractivity contribution is 0.0506. The van der Waals surface area contributed by atoms with Gasteiger partial charge in [0, 0.05) is 23.9 Å². The molecule has 1 saturated carbocycles. The molecule has 0 spiro atoms. The van der Waals surface area contributed by atoms with Crippen LogP contribution in [-0.4, -0.2) is 26.4 Å². The zero-order chi connectivity index (χ0) is 10.2. The van der Waals surface area contributed by atoms with Crippen LogP contribution in [0.3, 0.4) is 0 Å². The second-order valence-corrected chi connectivity index (χ2v) is 7.37. The van der Waals surface area contributed by atoms with Crippen LogP contribution in [0.5, 0.6) is 0 Å². The van der Waals surface area contributed by atoms with Gasteiger partial charge in [0.05, 0.1) is 4.75 Å². The molecule has 2 fully saturated rings. The molecule has 5 heteroatoms. The number of halogens is 1. The summed E-state index contributed by atoms with van der Waals surface area (Å²) >= 11 is 0. The SMILES string of the molecule is O=S(=O)(Cl)C1(CC2CCCOC2)CC1. The smallest absolute Gasteiger partial charge is 0.238 e. The molecule has 0 radical (unpaired) electrons. The van der Waals surface area contributed by atoms with Gasteiger partial charge in [-0.15, -0.1) is 0 Å². The van der Waals surface area contributed by atoms with Gasteiger partial charge in [0.2, 0.25) is 9.05 Å². The predicted octanol–water partition coefficient (Wildman–Crippen LogP) is 1.90. The summed E-state index contributed by atoms with van der Waals surface area (Å²) in [7, 11) is 2.06. The number of hydrogen-bond acceptors (Lipinski definition) is 3. The molecule has 0 aromatic rings. The molecule has 0 aromatic heterocycles. The van der Waals surface area contributed by atoms with Crippen molar-refractivity contribution in [3.63, 3.8) is 0 Å². The van der Waals surface area contributed by atoms with Crippen LogP contribution in [0.2, 0.25) is 0 Å². The molecule has 0 N–H and O–H groups in total. The fourth-order valence-corrected chi connectivity index (χ4v) is 3.86. The maximum Gasteiger partial charge on any atom is 0.238 e. The monoisotopic (exact) mass is 238 g/mol. The van der Waals surface area contributed by atoms with E-state index in [0.717, 1.165) is 32.3 Å². The molecule has 1 aliphatic carbocycles. The van der Waals surface area contributed by atoms with E-state index in [2.05, 4.69) is 0 Å². The summed E-state index contributed by atoms with van der Waals surface area (Å²) in [5, 5.41) is 0. The van der Waals surface area contributed by atoms with Crippen molar-refractivity contribution in [2.24, 2.45) is 5.92 Å². The second-order valence-electron chi connectivity index (χ2n) is 4.41. The third-order valence-corrected chi connectivity index (χ3v) is 5.83. The Labute approximate surface area is 89.2 Å². The van der Waals surface area contributed by atoms with Crippen molar-refractivity contribution < 1.29 is 13.2 Å². The van der Waals surface area contributed by atoms with E-state index in [0.29, 0.717) is 18.9 Å². The van der Waals surface area contributed by atoms with Crippen LogP contribution in [0.4, 0.5) is 0 Å². The number of rotatable bonds is 3. The number of ether oxygens (including phenoxy) is 1. The maximum atomic E-state index is 11.3. The summed E-state index contributed by atoms with van der Waals surface area (Å²) in [6, 6.07) is 0. The summed E-state index contributed by atoms with van der Waals surface area (Å²) in [5.74, 6) is 0.389. The molecule has 1 saturated heterocycles. The Morgan fingerprint density at radius 3 is 2.57 bits per heavy atom. The summed E-state index contributed by atoms with van der Waals surface area (Å²) in [5.41, 5.74) is 0. The minimum Gasteiger partial charge on any atom is -0.381 e. The topological polar surface area (TPSA) is 43.4 Å². The first kappa shape index (κ1) is 10.7. The average molecular weight is 239 g/mol. The van der Waals surface area contributed by atoms with E-state index in [9.17, 15) is 8.42 Å². The van der Waals surface area contributed by atoms with Crippen LogP contribution in [0.25, 0.3) is 0 Å². The fraction of sp³-hybridized carbons (Fsp3) is 1.00. The zero-order valence-electron chi connectivity index (χ0n) is 8.04. The standard InChI is InChI=1S/C9H15ClO3S/c10-14(11,12)9(3-4-9)6-8-2-1-5-13-7-8/h8H,1-7H2. The van der Waals surface area contributed by atoms with Gasteiger partial charge in [-0.3, -0.25) is 0 Å². The Hall–Kier alpha value is 0.200. The maximum absolute atomic E-state index is 11.3. The van der Waals surface area contributed by atoms with E-state index in [4.69, 9.17) is 15.4 Å². The van der Waals surface area contributed by atoms with E-state index in [1.807, 2.05) is 0 Å². The summed E-state index contributed by atoms with van der Waals surface area (Å²) in [4.78, 5) is 0. The van der Waals surface area contributed by atoms with Crippen molar-refractivity contribution in [1.29, 1.82) is 0 Å². The summed E-state index contributed by atoms with van der Waals surface area (Å²) < 4.78 is 27.4. The molecule has 1 heterocycles. The highest BCUT2D eigenvalue weighted by molar-refractivity contribution is 8.15. The third-order valence-electron chi connectivity index (χ3n) is 3.24.